The van der Waals surface area contributed by atoms with Crippen LogP contribution in [0.3, 0.4) is 0 Å². The fourth-order valence-corrected chi connectivity index (χ4v) is 21.8. The number of nitrogens with zero attached hydrogens (tertiary/aromatic N) is 2. The Hall–Kier alpha value is -0.121. The van der Waals surface area contributed by atoms with Gasteiger partial charge >= 0.3 is 17.1 Å². The van der Waals surface area contributed by atoms with E-state index in [9.17, 15) is 0 Å². The number of rotatable bonds is 64. The van der Waals surface area contributed by atoms with Gasteiger partial charge in [0, 0.05) is 52.9 Å². The summed E-state index contributed by atoms with van der Waals surface area (Å²) in [6.07, 6.45) is 67.9. The van der Waals surface area contributed by atoms with Gasteiger partial charge in [0.1, 0.15) is 0 Å². The van der Waals surface area contributed by atoms with Crippen LogP contribution in [0.2, 0.25) is 0 Å². The van der Waals surface area contributed by atoms with E-state index < -0.39 is 0 Å². The molecule has 0 aromatic rings. The van der Waals surface area contributed by atoms with Crippen molar-refractivity contribution < 1.29 is 55.0 Å². The smallest absolute Gasteiger partial charge is 0.632 e. The summed E-state index contributed by atoms with van der Waals surface area (Å²) in [7, 11) is 0. The van der Waals surface area contributed by atoms with Crippen LogP contribution < -0.4 is 31.9 Å². The van der Waals surface area contributed by atoms with Crippen molar-refractivity contribution in [3.8, 4) is 0 Å². The second-order valence-electron chi connectivity index (χ2n) is 37.6. The number of unbranched alkanes of at least 4 members (excludes halogenated alkanes) is 40. The molecule has 4 saturated carbocycles. The number of fused-ring (bicyclic) bond motifs is 20. The molecule has 0 aromatic carbocycles. The molecule has 5 aliphatic heterocycles. The zero-order chi connectivity index (χ0) is 78.4. The third-order valence-electron chi connectivity index (χ3n) is 28.6. The number of hydrogen-bond donors (Lipinski definition) is 6. The van der Waals surface area contributed by atoms with Crippen LogP contribution in [0.25, 0.3) is 10.6 Å². The van der Waals surface area contributed by atoms with Crippen molar-refractivity contribution in [2.75, 3.05) is 52.9 Å². The maximum atomic E-state index is 7.29. The molecule has 9 rings (SSSR count). The predicted octanol–water partition coefficient (Wildman–Crippen LogP) is 23.0. The Kier molecular flexibility index (Phi) is 51.9. The first-order chi connectivity index (χ1) is 55.3. The summed E-state index contributed by atoms with van der Waals surface area (Å²) in [6.45, 7) is 25.0. The molecule has 0 spiro atoms. The van der Waals surface area contributed by atoms with E-state index in [1.54, 1.807) is 0 Å². The van der Waals surface area contributed by atoms with Crippen LogP contribution in [0.15, 0.2) is 0 Å². The fourth-order valence-electron chi connectivity index (χ4n) is 21.8. The van der Waals surface area contributed by atoms with Crippen LogP contribution in [-0.2, 0) is 55.0 Å². The van der Waals surface area contributed by atoms with Crippen molar-refractivity contribution in [1.82, 2.24) is 31.9 Å². The van der Waals surface area contributed by atoms with Gasteiger partial charge in [-0.2, -0.15) is 0 Å². The van der Waals surface area contributed by atoms with Crippen LogP contribution in [-0.4, -0.2) is 151 Å². The molecule has 665 valence electrons. The number of nitrogens with one attached hydrogen (secondary N) is 6. The van der Waals surface area contributed by atoms with Crippen molar-refractivity contribution in [2.45, 2.75) is 513 Å². The summed E-state index contributed by atoms with van der Waals surface area (Å²) in [6, 6.07) is 0. The van der Waals surface area contributed by atoms with Gasteiger partial charge in [0.2, 0.25) is 0 Å². The van der Waals surface area contributed by atoms with Crippen molar-refractivity contribution >= 4 is 0 Å². The summed E-state index contributed by atoms with van der Waals surface area (Å²) in [4.78, 5) is 0. The standard InChI is InChI=1S/C96H182N8O8.Cu/c1-9-17-25-33-41-49-57-105-81-65-73-74(66-82(81)106-58-50-42-34-26-18-10-2)90-97-89(73)101-91-75-67-83(107-59-51-43-35-27-19-11-3)84(108-60-52-44-36-28-20-12-4)68-76(75)93(98-91)103-95-79-71-87(111-63-55-47-39-31-23-15-7)88(112-64-56-48-40-32-24-16-8)72-80(79)96(100-95)104-94-78-70-86(110-62-54-46-38-30-22-14-6)85(69-77(78)92(99-94)102-90)109-61-53-45-37-29-21-13-5;/h73-97,100-104H,9-72H2,1-8H3;/q-2;+2. The molecule has 113 heavy (non-hydrogen) atoms. The molecule has 24 unspecified atom stereocenters. The summed E-state index contributed by atoms with van der Waals surface area (Å²) < 4.78 is 58.3. The van der Waals surface area contributed by atoms with Gasteiger partial charge in [-0.25, -0.2) is 0 Å². The van der Waals surface area contributed by atoms with Crippen LogP contribution in [0.5, 0.6) is 0 Å². The van der Waals surface area contributed by atoms with E-state index in [0.717, 1.165) is 156 Å². The second-order valence-corrected chi connectivity index (χ2v) is 37.6. The van der Waals surface area contributed by atoms with Gasteiger partial charge < -0.3 is 69.8 Å². The molecule has 17 heteroatoms. The minimum absolute atomic E-state index is 0. The zero-order valence-electron chi connectivity index (χ0n) is 74.6. The normalized spacial score (nSPS) is 33.3. The molecular weight excluding hydrogens is 1460 g/mol. The maximum absolute atomic E-state index is 7.29. The van der Waals surface area contributed by atoms with E-state index in [1.165, 1.54) is 257 Å². The molecule has 5 saturated heterocycles. The second kappa shape index (κ2) is 59.6. The molecule has 9 aliphatic rings. The molecule has 0 aromatic heterocycles. The van der Waals surface area contributed by atoms with E-state index in [-0.39, 0.29) is 139 Å². The molecule has 24 atom stereocenters. The Morgan fingerprint density at radius 1 is 0.177 bits per heavy atom. The Morgan fingerprint density at radius 3 is 0.460 bits per heavy atom. The molecule has 8 bridgehead atoms. The predicted molar refractivity (Wildman–Crippen MR) is 466 cm³/mol. The average Bonchev–Trinajstić information content (AvgIpc) is 1.62. The van der Waals surface area contributed by atoms with Crippen LogP contribution >= 0.6 is 0 Å². The number of hydrogen-bond acceptors (Lipinski definition) is 14. The molecule has 16 nitrogen and oxygen atoms in total. The van der Waals surface area contributed by atoms with Crippen LogP contribution in [0.4, 0.5) is 0 Å². The van der Waals surface area contributed by atoms with Gasteiger partial charge in [-0.1, -0.05) is 337 Å². The van der Waals surface area contributed by atoms with Crippen molar-refractivity contribution in [2.24, 2.45) is 47.3 Å². The topological polar surface area (TPSA) is 174 Å². The molecule has 9 fully saturated rings. The fraction of sp³-hybridized carbons (Fsp3) is 1.00. The molecule has 6 N–H and O–H groups in total. The Balaban J connectivity index is 0.0000160. The quantitative estimate of drug-likeness (QED) is 0.0251. The Morgan fingerprint density at radius 2 is 0.310 bits per heavy atom. The van der Waals surface area contributed by atoms with Gasteiger partial charge in [0.15, 0.2) is 0 Å². The average molecular weight is 1640 g/mol. The third kappa shape index (κ3) is 33.8. The van der Waals surface area contributed by atoms with Crippen molar-refractivity contribution in [1.29, 1.82) is 0 Å². The van der Waals surface area contributed by atoms with Crippen molar-refractivity contribution in [3.05, 3.63) is 10.6 Å². The molecular formula is C96H182CuN8O8. The first-order valence-corrected chi connectivity index (χ1v) is 50.2. The Bertz CT molecular complexity index is 1850. The first kappa shape index (κ1) is 98.3. The Labute approximate surface area is 706 Å². The first-order valence-electron chi connectivity index (χ1n) is 50.2. The number of ether oxygens (including phenoxy) is 8. The molecule has 4 aliphatic carbocycles. The van der Waals surface area contributed by atoms with Crippen molar-refractivity contribution in [3.63, 3.8) is 0 Å². The van der Waals surface area contributed by atoms with Gasteiger partial charge in [-0.05, 0) is 150 Å². The molecule has 1 radical (unpaired) electrons. The maximum Gasteiger partial charge on any atom is 2.00 e. The SMILES string of the molecule is CCCCCCCCOC1CC2C3[N-]C(NC4NC(NC5[N-]C(NC6NC(N3)C3CC(OCCCCCCCC)C(OCCCCCCCC)CC63)C3CC(OCCCCCCCC)C(OCCCCCCCC)CC53)C3CC(OCCCCCCCC)C(OCCCCCCCC)CC43)C2CC1OCCCCCCCC.[Cu+2]. The summed E-state index contributed by atoms with van der Waals surface area (Å²) in [5, 5.41) is 39.5. The van der Waals surface area contributed by atoms with E-state index in [1.807, 2.05) is 0 Å². The summed E-state index contributed by atoms with van der Waals surface area (Å²) >= 11 is 0. The molecule has 0 amide bonds. The monoisotopic (exact) mass is 1640 g/mol. The minimum Gasteiger partial charge on any atom is -0.632 e. The third-order valence-corrected chi connectivity index (χ3v) is 28.6. The van der Waals surface area contributed by atoms with Gasteiger partial charge in [-0.15, -0.1) is 0 Å². The van der Waals surface area contributed by atoms with Crippen LogP contribution in [0, 0.1) is 47.3 Å². The molecule has 5 heterocycles. The minimum atomic E-state index is -0.0807. The summed E-state index contributed by atoms with van der Waals surface area (Å²) in [5.41, 5.74) is 0. The van der Waals surface area contributed by atoms with E-state index in [4.69, 9.17) is 48.5 Å². The zero-order valence-corrected chi connectivity index (χ0v) is 75.5. The summed E-state index contributed by atoms with van der Waals surface area (Å²) in [5.74, 6) is 2.26. The van der Waals surface area contributed by atoms with Gasteiger partial charge in [0.05, 0.1) is 73.5 Å². The van der Waals surface area contributed by atoms with Gasteiger partial charge in [0.25, 0.3) is 0 Å². The van der Waals surface area contributed by atoms with E-state index in [2.05, 4.69) is 87.3 Å². The van der Waals surface area contributed by atoms with Crippen LogP contribution in [0.1, 0.15) is 415 Å². The van der Waals surface area contributed by atoms with E-state index in [0.29, 0.717) is 23.7 Å². The van der Waals surface area contributed by atoms with E-state index >= 15 is 0 Å². The van der Waals surface area contributed by atoms with Gasteiger partial charge in [-0.3, -0.25) is 10.6 Å². The largest absolute Gasteiger partial charge is 2.00 e.